The molecule has 24 heavy (non-hydrogen) atoms. The summed E-state index contributed by atoms with van der Waals surface area (Å²) >= 11 is 0. The van der Waals surface area contributed by atoms with Crippen LogP contribution in [0, 0.1) is 5.82 Å². The molecule has 0 atom stereocenters. The number of para-hydroxylation sites is 1. The molecule has 0 fully saturated rings. The first-order valence-electron chi connectivity index (χ1n) is 7.88. The van der Waals surface area contributed by atoms with E-state index in [-0.39, 0.29) is 11.2 Å². The molecular formula is C20H17FN2O. The van der Waals surface area contributed by atoms with Gasteiger partial charge < -0.3 is 4.42 Å². The highest BCUT2D eigenvalue weighted by atomic mass is 19.1. The molecule has 3 nitrogen and oxygen atoms in total. The van der Waals surface area contributed by atoms with E-state index in [0.29, 0.717) is 17.0 Å². The highest BCUT2D eigenvalue weighted by Gasteiger charge is 2.21. The lowest BCUT2D eigenvalue weighted by Gasteiger charge is -2.20. The van der Waals surface area contributed by atoms with Gasteiger partial charge >= 0.3 is 0 Å². The monoisotopic (exact) mass is 320 g/mol. The van der Waals surface area contributed by atoms with Crippen LogP contribution in [-0.2, 0) is 5.41 Å². The Kier molecular flexibility index (Phi) is 3.17. The summed E-state index contributed by atoms with van der Waals surface area (Å²) in [4.78, 5) is 8.56. The minimum Gasteiger partial charge on any atom is -0.437 e. The lowest BCUT2D eigenvalue weighted by molar-refractivity contribution is 0.519. The first-order valence-corrected chi connectivity index (χ1v) is 7.88. The van der Waals surface area contributed by atoms with E-state index in [1.807, 2.05) is 57.2 Å². The molecule has 0 amide bonds. The Morgan fingerprint density at radius 2 is 1.79 bits per heavy atom. The fourth-order valence-electron chi connectivity index (χ4n) is 3.00. The molecule has 0 radical (unpaired) electrons. The van der Waals surface area contributed by atoms with Gasteiger partial charge in [-0.1, -0.05) is 32.9 Å². The Morgan fingerprint density at radius 1 is 1.00 bits per heavy atom. The van der Waals surface area contributed by atoms with Crippen molar-refractivity contribution in [1.29, 1.82) is 0 Å². The van der Waals surface area contributed by atoms with Gasteiger partial charge in [0.1, 0.15) is 11.4 Å². The lowest BCUT2D eigenvalue weighted by atomic mass is 9.86. The molecule has 0 saturated heterocycles. The van der Waals surface area contributed by atoms with Gasteiger partial charge in [0.25, 0.3) is 0 Å². The quantitative estimate of drug-likeness (QED) is 0.466. The van der Waals surface area contributed by atoms with Gasteiger partial charge in [-0.25, -0.2) is 9.37 Å². The SMILES string of the molecule is CC(C)(C)c1cc(-c2cccc3c2oc2ncccc23)ncc1F. The highest BCUT2D eigenvalue weighted by molar-refractivity contribution is 6.08. The van der Waals surface area contributed by atoms with Gasteiger partial charge in [-0.15, -0.1) is 0 Å². The third kappa shape index (κ3) is 2.26. The lowest BCUT2D eigenvalue weighted by Crippen LogP contribution is -2.14. The molecule has 0 aliphatic rings. The number of rotatable bonds is 1. The van der Waals surface area contributed by atoms with Crippen LogP contribution in [0.4, 0.5) is 4.39 Å². The van der Waals surface area contributed by atoms with Gasteiger partial charge in [0.15, 0.2) is 0 Å². The molecule has 0 N–H and O–H groups in total. The second-order valence-electron chi connectivity index (χ2n) is 6.94. The Balaban J connectivity index is 2.00. The van der Waals surface area contributed by atoms with Crippen LogP contribution in [0.5, 0.6) is 0 Å². The second kappa shape index (κ2) is 5.13. The summed E-state index contributed by atoms with van der Waals surface area (Å²) in [6.07, 6.45) is 2.99. The van der Waals surface area contributed by atoms with Crippen LogP contribution in [0.3, 0.4) is 0 Å². The molecule has 120 valence electrons. The number of furan rings is 1. The first kappa shape index (κ1) is 14.8. The maximum atomic E-state index is 14.2. The van der Waals surface area contributed by atoms with E-state index in [4.69, 9.17) is 4.42 Å². The fourth-order valence-corrected chi connectivity index (χ4v) is 3.00. The summed E-state index contributed by atoms with van der Waals surface area (Å²) < 4.78 is 20.1. The van der Waals surface area contributed by atoms with Crippen molar-refractivity contribution in [3.05, 3.63) is 60.2 Å². The Hall–Kier alpha value is -2.75. The third-order valence-corrected chi connectivity index (χ3v) is 4.21. The smallest absolute Gasteiger partial charge is 0.227 e. The molecule has 0 saturated carbocycles. The van der Waals surface area contributed by atoms with E-state index in [9.17, 15) is 4.39 Å². The molecule has 0 spiro atoms. The molecule has 0 aliphatic carbocycles. The second-order valence-corrected chi connectivity index (χ2v) is 6.94. The zero-order valence-corrected chi connectivity index (χ0v) is 13.8. The van der Waals surface area contributed by atoms with Crippen molar-refractivity contribution in [3.8, 4) is 11.3 Å². The Bertz CT molecular complexity index is 1060. The van der Waals surface area contributed by atoms with Gasteiger partial charge in [0, 0.05) is 22.5 Å². The topological polar surface area (TPSA) is 38.9 Å². The molecule has 4 rings (SSSR count). The van der Waals surface area contributed by atoms with Gasteiger partial charge in [0.2, 0.25) is 5.71 Å². The first-order chi connectivity index (χ1) is 11.4. The van der Waals surface area contributed by atoms with E-state index in [1.54, 1.807) is 6.20 Å². The molecule has 4 heteroatoms. The maximum Gasteiger partial charge on any atom is 0.227 e. The zero-order valence-electron chi connectivity index (χ0n) is 13.8. The molecule has 3 heterocycles. The minimum absolute atomic E-state index is 0.287. The highest BCUT2D eigenvalue weighted by Crippen LogP contribution is 2.35. The predicted molar refractivity (Wildman–Crippen MR) is 93.4 cm³/mol. The summed E-state index contributed by atoms with van der Waals surface area (Å²) in [5, 5.41) is 1.95. The predicted octanol–water partition coefficient (Wildman–Crippen LogP) is 5.48. The van der Waals surface area contributed by atoms with E-state index in [0.717, 1.165) is 21.9 Å². The van der Waals surface area contributed by atoms with Crippen molar-refractivity contribution in [3.63, 3.8) is 0 Å². The molecule has 0 bridgehead atoms. The number of hydrogen-bond donors (Lipinski definition) is 0. The van der Waals surface area contributed by atoms with E-state index < -0.39 is 0 Å². The van der Waals surface area contributed by atoms with Crippen molar-refractivity contribution >= 4 is 22.1 Å². The van der Waals surface area contributed by atoms with Crippen molar-refractivity contribution in [2.75, 3.05) is 0 Å². The average Bonchev–Trinajstić information content (AvgIpc) is 2.93. The van der Waals surface area contributed by atoms with Crippen LogP contribution in [0.25, 0.3) is 33.3 Å². The summed E-state index contributed by atoms with van der Waals surface area (Å²) in [5.41, 5.74) is 3.20. The molecular weight excluding hydrogens is 303 g/mol. The van der Waals surface area contributed by atoms with Gasteiger partial charge in [-0.05, 0) is 35.2 Å². The van der Waals surface area contributed by atoms with Gasteiger partial charge in [-0.2, -0.15) is 0 Å². The Labute approximate surface area is 139 Å². The number of halogens is 1. The molecule has 3 aromatic heterocycles. The summed E-state index contributed by atoms with van der Waals surface area (Å²) in [7, 11) is 0. The number of fused-ring (bicyclic) bond motifs is 3. The number of nitrogens with zero attached hydrogens (tertiary/aromatic N) is 2. The zero-order chi connectivity index (χ0) is 16.9. The normalized spacial score (nSPS) is 12.2. The number of pyridine rings is 2. The van der Waals surface area contributed by atoms with Crippen LogP contribution in [0.1, 0.15) is 26.3 Å². The van der Waals surface area contributed by atoms with Gasteiger partial charge in [0.05, 0.1) is 11.9 Å². The fraction of sp³-hybridized carbons (Fsp3) is 0.200. The molecule has 0 aliphatic heterocycles. The van der Waals surface area contributed by atoms with Crippen molar-refractivity contribution in [2.24, 2.45) is 0 Å². The molecule has 4 aromatic rings. The minimum atomic E-state index is -0.300. The number of hydrogen-bond acceptors (Lipinski definition) is 3. The van der Waals surface area contributed by atoms with E-state index in [1.165, 1.54) is 6.20 Å². The summed E-state index contributed by atoms with van der Waals surface area (Å²) in [5.74, 6) is -0.287. The number of benzene rings is 1. The van der Waals surface area contributed by atoms with Crippen LogP contribution in [0.15, 0.2) is 53.2 Å². The maximum absolute atomic E-state index is 14.2. The van der Waals surface area contributed by atoms with Crippen LogP contribution < -0.4 is 0 Å². The van der Waals surface area contributed by atoms with Crippen molar-refractivity contribution < 1.29 is 8.81 Å². The van der Waals surface area contributed by atoms with Crippen LogP contribution in [-0.4, -0.2) is 9.97 Å². The molecule has 1 aromatic carbocycles. The summed E-state index contributed by atoms with van der Waals surface area (Å²) in [6.45, 7) is 5.96. The van der Waals surface area contributed by atoms with Crippen LogP contribution >= 0.6 is 0 Å². The van der Waals surface area contributed by atoms with Crippen molar-refractivity contribution in [2.45, 2.75) is 26.2 Å². The third-order valence-electron chi connectivity index (χ3n) is 4.21. The van der Waals surface area contributed by atoms with Crippen molar-refractivity contribution in [1.82, 2.24) is 9.97 Å². The average molecular weight is 320 g/mol. The molecule has 0 unspecified atom stereocenters. The summed E-state index contributed by atoms with van der Waals surface area (Å²) in [6, 6.07) is 11.6. The Morgan fingerprint density at radius 3 is 2.58 bits per heavy atom. The standard InChI is InChI=1S/C20H17FN2O/c1-20(2,3)15-10-17(23-11-16(15)21)14-7-4-6-12-13-8-5-9-22-19(13)24-18(12)14/h4-11H,1-3H3. The van der Waals surface area contributed by atoms with E-state index >= 15 is 0 Å². The number of aromatic nitrogens is 2. The largest absolute Gasteiger partial charge is 0.437 e. The van der Waals surface area contributed by atoms with E-state index in [2.05, 4.69) is 9.97 Å². The van der Waals surface area contributed by atoms with Crippen LogP contribution in [0.2, 0.25) is 0 Å². The van der Waals surface area contributed by atoms with Gasteiger partial charge in [-0.3, -0.25) is 4.98 Å².